The number of nitrogens with two attached hydrogens (primary N) is 1. The zero-order valence-electron chi connectivity index (χ0n) is 9.98. The van der Waals surface area contributed by atoms with Gasteiger partial charge < -0.3 is 10.9 Å². The van der Waals surface area contributed by atoms with Gasteiger partial charge in [-0.2, -0.15) is 0 Å². The Kier molecular flexibility index (Phi) is 4.19. The van der Waals surface area contributed by atoms with Crippen LogP contribution in [0.1, 0.15) is 5.56 Å². The van der Waals surface area contributed by atoms with E-state index in [0.29, 0.717) is 9.79 Å². The van der Waals surface area contributed by atoms with E-state index in [4.69, 9.17) is 10.9 Å². The van der Waals surface area contributed by atoms with E-state index in [1.54, 1.807) is 0 Å². The molecule has 2 rings (SSSR count). The van der Waals surface area contributed by atoms with Gasteiger partial charge in [0.15, 0.2) is 17.5 Å². The van der Waals surface area contributed by atoms with Crippen molar-refractivity contribution in [3.8, 4) is 0 Å². The van der Waals surface area contributed by atoms with Gasteiger partial charge in [0.25, 0.3) is 0 Å². The van der Waals surface area contributed by atoms with E-state index in [-0.39, 0.29) is 11.4 Å². The highest BCUT2D eigenvalue weighted by molar-refractivity contribution is 7.99. The molecule has 7 heteroatoms. The standard InChI is InChI=1S/C13H9F3N2OS/c14-7-1-4-12(9(5-7)13(17)18-19)20-8-2-3-10(15)11(16)6-8/h1-6,19H,(H2,17,18). The number of rotatable bonds is 3. The molecule has 2 aromatic rings. The molecule has 0 atom stereocenters. The van der Waals surface area contributed by atoms with E-state index in [0.717, 1.165) is 30.0 Å². The Labute approximate surface area is 116 Å². The Bertz CT molecular complexity index is 677. The van der Waals surface area contributed by atoms with Crippen LogP contribution in [0.2, 0.25) is 0 Å². The van der Waals surface area contributed by atoms with Gasteiger partial charge in [-0.15, -0.1) is 0 Å². The summed E-state index contributed by atoms with van der Waals surface area (Å²) in [6.07, 6.45) is 0. The summed E-state index contributed by atoms with van der Waals surface area (Å²) in [5.74, 6) is -2.76. The Hall–Kier alpha value is -2.15. The van der Waals surface area contributed by atoms with Gasteiger partial charge in [0.2, 0.25) is 0 Å². The van der Waals surface area contributed by atoms with E-state index in [2.05, 4.69) is 5.16 Å². The lowest BCUT2D eigenvalue weighted by Gasteiger charge is -2.08. The second-order valence-corrected chi connectivity index (χ2v) is 4.92. The van der Waals surface area contributed by atoms with Crippen molar-refractivity contribution in [3.63, 3.8) is 0 Å². The van der Waals surface area contributed by atoms with E-state index in [1.165, 1.54) is 18.2 Å². The van der Waals surface area contributed by atoms with Crippen LogP contribution in [0, 0.1) is 17.5 Å². The maximum atomic E-state index is 13.2. The maximum absolute atomic E-state index is 13.2. The van der Waals surface area contributed by atoms with Gasteiger partial charge in [-0.25, -0.2) is 13.2 Å². The van der Waals surface area contributed by atoms with Crippen LogP contribution >= 0.6 is 11.8 Å². The van der Waals surface area contributed by atoms with Gasteiger partial charge in [-0.05, 0) is 36.4 Å². The summed E-state index contributed by atoms with van der Waals surface area (Å²) in [5.41, 5.74) is 5.63. The predicted molar refractivity (Wildman–Crippen MR) is 69.4 cm³/mol. The molecule has 0 aliphatic carbocycles. The van der Waals surface area contributed by atoms with Crippen molar-refractivity contribution in [3.05, 3.63) is 59.4 Å². The fraction of sp³-hybridized carbons (Fsp3) is 0. The molecule has 3 N–H and O–H groups in total. The monoisotopic (exact) mass is 298 g/mol. The molecule has 0 bridgehead atoms. The molecule has 0 saturated heterocycles. The summed E-state index contributed by atoms with van der Waals surface area (Å²) in [5, 5.41) is 11.5. The Morgan fingerprint density at radius 1 is 1.05 bits per heavy atom. The summed E-state index contributed by atoms with van der Waals surface area (Å²) < 4.78 is 39.2. The number of oxime groups is 1. The molecular formula is C13H9F3N2OS. The molecule has 0 amide bonds. The molecule has 0 unspecified atom stereocenters. The van der Waals surface area contributed by atoms with Crippen molar-refractivity contribution in [2.45, 2.75) is 9.79 Å². The molecule has 0 saturated carbocycles. The number of hydrogen-bond acceptors (Lipinski definition) is 3. The smallest absolute Gasteiger partial charge is 0.171 e. The van der Waals surface area contributed by atoms with Gasteiger partial charge >= 0.3 is 0 Å². The summed E-state index contributed by atoms with van der Waals surface area (Å²) in [6, 6.07) is 7.08. The number of halogens is 3. The fourth-order valence-corrected chi connectivity index (χ4v) is 2.47. The van der Waals surface area contributed by atoms with Crippen LogP contribution in [0.25, 0.3) is 0 Å². The van der Waals surface area contributed by atoms with Crippen molar-refractivity contribution >= 4 is 17.6 Å². The first-order valence-electron chi connectivity index (χ1n) is 5.41. The first kappa shape index (κ1) is 14.3. The van der Waals surface area contributed by atoms with Gasteiger partial charge in [-0.1, -0.05) is 16.9 Å². The SMILES string of the molecule is NC(=NO)c1cc(F)ccc1Sc1ccc(F)c(F)c1. The Morgan fingerprint density at radius 2 is 1.80 bits per heavy atom. The fourth-order valence-electron chi connectivity index (χ4n) is 1.51. The van der Waals surface area contributed by atoms with Crippen molar-refractivity contribution in [2.24, 2.45) is 10.9 Å². The quantitative estimate of drug-likeness (QED) is 0.395. The summed E-state index contributed by atoms with van der Waals surface area (Å²) in [4.78, 5) is 0.857. The second kappa shape index (κ2) is 5.87. The normalized spacial score (nSPS) is 11.7. The van der Waals surface area contributed by atoms with Crippen molar-refractivity contribution in [1.29, 1.82) is 0 Å². The number of amidine groups is 1. The number of benzene rings is 2. The van der Waals surface area contributed by atoms with Crippen molar-refractivity contribution < 1.29 is 18.4 Å². The van der Waals surface area contributed by atoms with Gasteiger partial charge in [0.05, 0.1) is 0 Å². The Morgan fingerprint density at radius 3 is 2.45 bits per heavy atom. The van der Waals surface area contributed by atoms with E-state index in [9.17, 15) is 13.2 Å². The van der Waals surface area contributed by atoms with Crippen LogP contribution in [0.3, 0.4) is 0 Å². The first-order valence-corrected chi connectivity index (χ1v) is 6.23. The minimum atomic E-state index is -0.984. The highest BCUT2D eigenvalue weighted by Gasteiger charge is 2.11. The number of hydrogen-bond donors (Lipinski definition) is 2. The van der Waals surface area contributed by atoms with Crippen LogP contribution in [0.5, 0.6) is 0 Å². The van der Waals surface area contributed by atoms with Crippen molar-refractivity contribution in [2.75, 3.05) is 0 Å². The van der Waals surface area contributed by atoms with Crippen LogP contribution in [-0.2, 0) is 0 Å². The van der Waals surface area contributed by atoms with Crippen LogP contribution in [-0.4, -0.2) is 11.0 Å². The maximum Gasteiger partial charge on any atom is 0.171 e. The predicted octanol–water partition coefficient (Wildman–Crippen LogP) is 3.35. The van der Waals surface area contributed by atoms with Gasteiger partial charge in [0.1, 0.15) is 5.82 Å². The zero-order chi connectivity index (χ0) is 14.7. The van der Waals surface area contributed by atoms with E-state index < -0.39 is 17.5 Å². The lowest BCUT2D eigenvalue weighted by Crippen LogP contribution is -2.14. The minimum absolute atomic E-state index is 0.169. The largest absolute Gasteiger partial charge is 0.409 e. The Balaban J connectivity index is 2.40. The average Bonchev–Trinajstić information content (AvgIpc) is 2.44. The third kappa shape index (κ3) is 3.05. The zero-order valence-corrected chi connectivity index (χ0v) is 10.8. The molecule has 0 aliphatic heterocycles. The van der Waals surface area contributed by atoms with E-state index in [1.807, 2.05) is 0 Å². The lowest BCUT2D eigenvalue weighted by atomic mass is 10.2. The lowest BCUT2D eigenvalue weighted by molar-refractivity contribution is 0.318. The van der Waals surface area contributed by atoms with Crippen molar-refractivity contribution in [1.82, 2.24) is 0 Å². The summed E-state index contributed by atoms with van der Waals surface area (Å²) in [6.45, 7) is 0. The summed E-state index contributed by atoms with van der Waals surface area (Å²) in [7, 11) is 0. The molecule has 2 aromatic carbocycles. The highest BCUT2D eigenvalue weighted by Crippen LogP contribution is 2.31. The van der Waals surface area contributed by atoms with Gasteiger partial charge in [0, 0.05) is 15.4 Å². The molecule has 0 radical (unpaired) electrons. The van der Waals surface area contributed by atoms with Crippen LogP contribution < -0.4 is 5.73 Å². The molecule has 0 aromatic heterocycles. The molecule has 0 heterocycles. The van der Waals surface area contributed by atoms with Gasteiger partial charge in [-0.3, -0.25) is 0 Å². The molecule has 0 aliphatic rings. The molecule has 3 nitrogen and oxygen atoms in total. The second-order valence-electron chi connectivity index (χ2n) is 3.80. The average molecular weight is 298 g/mol. The minimum Gasteiger partial charge on any atom is -0.409 e. The van der Waals surface area contributed by atoms with Crippen LogP contribution in [0.15, 0.2) is 51.3 Å². The molecule has 0 fully saturated rings. The van der Waals surface area contributed by atoms with Crippen LogP contribution in [0.4, 0.5) is 13.2 Å². The molecule has 20 heavy (non-hydrogen) atoms. The number of nitrogens with zero attached hydrogens (tertiary/aromatic N) is 1. The molecule has 0 spiro atoms. The summed E-state index contributed by atoms with van der Waals surface area (Å²) >= 11 is 1.04. The van der Waals surface area contributed by atoms with E-state index >= 15 is 0 Å². The topological polar surface area (TPSA) is 58.6 Å². The first-order chi connectivity index (χ1) is 9.51. The molecule has 104 valence electrons. The third-order valence-electron chi connectivity index (χ3n) is 2.44. The third-order valence-corrected chi connectivity index (χ3v) is 3.51. The molecular weight excluding hydrogens is 289 g/mol. The highest BCUT2D eigenvalue weighted by atomic mass is 32.2.